The van der Waals surface area contributed by atoms with Crippen molar-refractivity contribution in [3.8, 4) is 0 Å². The van der Waals surface area contributed by atoms with Crippen LogP contribution in [0.5, 0.6) is 0 Å². The van der Waals surface area contributed by atoms with Crippen LogP contribution >= 0.6 is 0 Å². The lowest BCUT2D eigenvalue weighted by Gasteiger charge is -2.28. The Morgan fingerprint density at radius 1 is 1.53 bits per heavy atom. The number of aliphatic hydroxyl groups excluding tert-OH is 1. The first-order valence-corrected chi connectivity index (χ1v) is 7.03. The van der Waals surface area contributed by atoms with Crippen LogP contribution in [0.25, 0.3) is 0 Å². The molecule has 1 saturated carbocycles. The molecule has 1 aromatic heterocycles. The summed E-state index contributed by atoms with van der Waals surface area (Å²) in [4.78, 5) is 12.4. The minimum Gasteiger partial charge on any atom is -0.394 e. The average molecular weight is 264 g/mol. The number of carbonyl (C=O) groups is 1. The van der Waals surface area contributed by atoms with Gasteiger partial charge in [-0.25, -0.2) is 0 Å². The molecule has 1 unspecified atom stereocenters. The molecule has 0 aliphatic heterocycles. The van der Waals surface area contributed by atoms with Crippen LogP contribution in [-0.2, 0) is 6.54 Å². The summed E-state index contributed by atoms with van der Waals surface area (Å²) in [5, 5.41) is 12.6. The van der Waals surface area contributed by atoms with E-state index in [1.54, 1.807) is 0 Å². The van der Waals surface area contributed by atoms with E-state index in [9.17, 15) is 9.90 Å². The van der Waals surface area contributed by atoms with E-state index in [-0.39, 0.29) is 12.5 Å². The second kappa shape index (κ2) is 5.00. The Hall–Kier alpha value is -1.29. The first-order valence-electron chi connectivity index (χ1n) is 7.03. The zero-order valence-electron chi connectivity index (χ0n) is 12.3. The van der Waals surface area contributed by atoms with Gasteiger partial charge in [0.2, 0.25) is 0 Å². The Bertz CT molecular complexity index is 489. The third-order valence-corrected chi connectivity index (χ3v) is 4.34. The smallest absolute Gasteiger partial charge is 0.253 e. The molecule has 1 amide bonds. The lowest BCUT2D eigenvalue weighted by Crippen LogP contribution is -2.50. The molecule has 4 heteroatoms. The van der Waals surface area contributed by atoms with E-state index >= 15 is 0 Å². The van der Waals surface area contributed by atoms with Gasteiger partial charge in [0.1, 0.15) is 0 Å². The van der Waals surface area contributed by atoms with Crippen molar-refractivity contribution in [2.24, 2.45) is 5.92 Å². The van der Waals surface area contributed by atoms with Gasteiger partial charge in [0.15, 0.2) is 0 Å². The lowest BCUT2D eigenvalue weighted by molar-refractivity contribution is 0.0824. The second-order valence-corrected chi connectivity index (χ2v) is 5.83. The van der Waals surface area contributed by atoms with Crippen molar-refractivity contribution in [2.45, 2.75) is 52.6 Å². The summed E-state index contributed by atoms with van der Waals surface area (Å²) in [6, 6.07) is 1.93. The number of rotatable bonds is 5. The number of aryl methyl sites for hydroxylation is 1. The molecule has 0 bridgehead atoms. The predicted octanol–water partition coefficient (Wildman–Crippen LogP) is 2.02. The summed E-state index contributed by atoms with van der Waals surface area (Å²) in [6.45, 7) is 8.85. The monoisotopic (exact) mass is 264 g/mol. The van der Waals surface area contributed by atoms with Crippen LogP contribution in [0.1, 0.15) is 48.4 Å². The average Bonchev–Trinajstić information content (AvgIpc) is 3.17. The van der Waals surface area contributed by atoms with E-state index in [1.807, 2.05) is 26.8 Å². The van der Waals surface area contributed by atoms with Crippen LogP contribution in [-0.4, -0.2) is 27.7 Å². The first kappa shape index (κ1) is 14.1. The summed E-state index contributed by atoms with van der Waals surface area (Å²) in [5.74, 6) is 0.340. The number of nitrogens with zero attached hydrogens (tertiary/aromatic N) is 1. The Kier molecular flexibility index (Phi) is 3.72. The van der Waals surface area contributed by atoms with Crippen molar-refractivity contribution < 1.29 is 9.90 Å². The van der Waals surface area contributed by atoms with E-state index < -0.39 is 5.54 Å². The predicted molar refractivity (Wildman–Crippen MR) is 75.3 cm³/mol. The first-order chi connectivity index (χ1) is 8.92. The Morgan fingerprint density at radius 2 is 2.16 bits per heavy atom. The van der Waals surface area contributed by atoms with Crippen LogP contribution in [0.3, 0.4) is 0 Å². The van der Waals surface area contributed by atoms with Gasteiger partial charge in [0.25, 0.3) is 5.91 Å². The van der Waals surface area contributed by atoms with Crippen LogP contribution in [0, 0.1) is 19.8 Å². The van der Waals surface area contributed by atoms with E-state index in [0.717, 1.165) is 36.3 Å². The van der Waals surface area contributed by atoms with Crippen LogP contribution in [0.2, 0.25) is 0 Å². The molecule has 0 aromatic carbocycles. The standard InChI is InChI=1S/C15H24N2O2/c1-5-17-10(2)8-13(11(17)3)14(19)16-15(4,9-18)12-6-7-12/h8,12,18H,5-7,9H2,1-4H3,(H,16,19). The fraction of sp³-hybridized carbons (Fsp3) is 0.667. The summed E-state index contributed by atoms with van der Waals surface area (Å²) in [6.07, 6.45) is 2.18. The van der Waals surface area contributed by atoms with E-state index in [4.69, 9.17) is 0 Å². The molecule has 0 saturated heterocycles. The minimum absolute atomic E-state index is 0.00404. The maximum absolute atomic E-state index is 12.4. The van der Waals surface area contributed by atoms with Crippen LogP contribution in [0.15, 0.2) is 6.07 Å². The Balaban J connectivity index is 2.20. The molecule has 2 rings (SSSR count). The molecule has 1 aromatic rings. The van der Waals surface area contributed by atoms with Gasteiger partial charge in [-0.1, -0.05) is 0 Å². The van der Waals surface area contributed by atoms with Crippen molar-refractivity contribution in [1.82, 2.24) is 9.88 Å². The molecular formula is C15H24N2O2. The molecule has 0 radical (unpaired) electrons. The Labute approximate surface area is 114 Å². The van der Waals surface area contributed by atoms with Crippen molar-refractivity contribution in [2.75, 3.05) is 6.61 Å². The van der Waals surface area contributed by atoms with Crippen molar-refractivity contribution in [1.29, 1.82) is 0 Å². The van der Waals surface area contributed by atoms with Gasteiger partial charge in [-0.3, -0.25) is 4.79 Å². The highest BCUT2D eigenvalue weighted by Crippen LogP contribution is 2.39. The molecule has 2 N–H and O–H groups in total. The number of amides is 1. The number of hydrogen-bond donors (Lipinski definition) is 2. The third-order valence-electron chi connectivity index (χ3n) is 4.34. The van der Waals surface area contributed by atoms with Crippen LogP contribution in [0.4, 0.5) is 0 Å². The SMILES string of the molecule is CCn1c(C)cc(C(=O)NC(C)(CO)C2CC2)c1C. The zero-order valence-corrected chi connectivity index (χ0v) is 12.3. The lowest BCUT2D eigenvalue weighted by atomic mass is 9.96. The van der Waals surface area contributed by atoms with Gasteiger partial charge >= 0.3 is 0 Å². The Morgan fingerprint density at radius 3 is 2.58 bits per heavy atom. The van der Waals surface area contributed by atoms with Gasteiger partial charge in [0.05, 0.1) is 17.7 Å². The van der Waals surface area contributed by atoms with E-state index in [2.05, 4.69) is 16.8 Å². The number of nitrogens with one attached hydrogen (secondary N) is 1. The maximum atomic E-state index is 12.4. The van der Waals surface area contributed by atoms with Gasteiger partial charge in [-0.15, -0.1) is 0 Å². The molecule has 0 spiro atoms. The number of hydrogen-bond acceptors (Lipinski definition) is 2. The number of aliphatic hydroxyl groups is 1. The highest BCUT2D eigenvalue weighted by Gasteiger charge is 2.42. The molecule has 1 aliphatic rings. The topological polar surface area (TPSA) is 54.3 Å². The number of carbonyl (C=O) groups excluding carboxylic acids is 1. The summed E-state index contributed by atoms with van der Waals surface area (Å²) < 4.78 is 2.13. The molecular weight excluding hydrogens is 240 g/mol. The maximum Gasteiger partial charge on any atom is 0.253 e. The minimum atomic E-state index is -0.480. The summed E-state index contributed by atoms with van der Waals surface area (Å²) in [5.41, 5.74) is 2.33. The van der Waals surface area contributed by atoms with Gasteiger partial charge in [-0.2, -0.15) is 0 Å². The quantitative estimate of drug-likeness (QED) is 0.855. The van der Waals surface area contributed by atoms with E-state index in [0.29, 0.717) is 5.92 Å². The third kappa shape index (κ3) is 2.54. The highest BCUT2D eigenvalue weighted by molar-refractivity contribution is 5.96. The normalized spacial score (nSPS) is 18.2. The van der Waals surface area contributed by atoms with E-state index in [1.165, 1.54) is 0 Å². The van der Waals surface area contributed by atoms with Crippen molar-refractivity contribution in [3.63, 3.8) is 0 Å². The highest BCUT2D eigenvalue weighted by atomic mass is 16.3. The summed E-state index contributed by atoms with van der Waals surface area (Å²) >= 11 is 0. The van der Waals surface area contributed by atoms with Gasteiger partial charge in [0, 0.05) is 17.9 Å². The molecule has 1 heterocycles. The fourth-order valence-electron chi connectivity index (χ4n) is 2.84. The molecule has 1 fully saturated rings. The summed E-state index contributed by atoms with van der Waals surface area (Å²) in [7, 11) is 0. The largest absolute Gasteiger partial charge is 0.394 e. The molecule has 4 nitrogen and oxygen atoms in total. The van der Waals surface area contributed by atoms with Crippen LogP contribution < -0.4 is 5.32 Å². The van der Waals surface area contributed by atoms with Crippen molar-refractivity contribution >= 4 is 5.91 Å². The zero-order chi connectivity index (χ0) is 14.2. The van der Waals surface area contributed by atoms with Crippen molar-refractivity contribution in [3.05, 3.63) is 23.0 Å². The number of aromatic nitrogens is 1. The van der Waals surface area contributed by atoms with Gasteiger partial charge in [-0.05, 0) is 52.5 Å². The molecule has 19 heavy (non-hydrogen) atoms. The van der Waals surface area contributed by atoms with Gasteiger partial charge < -0.3 is 15.0 Å². The molecule has 1 aliphatic carbocycles. The second-order valence-electron chi connectivity index (χ2n) is 5.83. The molecule has 106 valence electrons. The fourth-order valence-corrected chi connectivity index (χ4v) is 2.84. The molecule has 1 atom stereocenters.